The van der Waals surface area contributed by atoms with Crippen LogP contribution in [0, 0.1) is 5.92 Å². The first-order valence-corrected chi connectivity index (χ1v) is 7.17. The largest absolute Gasteiger partial charge is 0.395 e. The number of hydrogen-bond acceptors (Lipinski definition) is 2. The summed E-state index contributed by atoms with van der Waals surface area (Å²) in [7, 11) is 0. The van der Waals surface area contributed by atoms with Crippen LogP contribution >= 0.6 is 0 Å². The lowest BCUT2D eigenvalue weighted by Crippen LogP contribution is -2.39. The number of aliphatic hydroxyl groups excluding tert-OH is 1. The Morgan fingerprint density at radius 2 is 2.00 bits per heavy atom. The molecule has 1 saturated carbocycles. The minimum absolute atomic E-state index is 0.283. The Morgan fingerprint density at radius 1 is 1.19 bits per heavy atom. The van der Waals surface area contributed by atoms with Gasteiger partial charge in [0, 0.05) is 12.1 Å². The molecule has 0 heterocycles. The van der Waals surface area contributed by atoms with E-state index in [1.807, 2.05) is 0 Å². The molecule has 3 atom stereocenters. The molecule has 0 aromatic heterocycles. The van der Waals surface area contributed by atoms with Gasteiger partial charge in [0.15, 0.2) is 0 Å². The maximum absolute atomic E-state index is 9.20. The molecule has 0 aromatic rings. The Morgan fingerprint density at radius 3 is 2.62 bits per heavy atom. The van der Waals surface area contributed by atoms with E-state index in [0.717, 1.165) is 12.3 Å². The van der Waals surface area contributed by atoms with Crippen molar-refractivity contribution in [3.05, 3.63) is 0 Å². The molecule has 1 aliphatic carbocycles. The lowest BCUT2D eigenvalue weighted by atomic mass is 9.95. The molecule has 0 spiro atoms. The van der Waals surface area contributed by atoms with Crippen molar-refractivity contribution in [2.24, 2.45) is 5.92 Å². The fraction of sp³-hybridized carbons (Fsp3) is 1.00. The smallest absolute Gasteiger partial charge is 0.0584 e. The highest BCUT2D eigenvalue weighted by atomic mass is 16.3. The fourth-order valence-corrected chi connectivity index (χ4v) is 2.88. The Balaban J connectivity index is 2.29. The van der Waals surface area contributed by atoms with E-state index >= 15 is 0 Å². The normalized spacial score (nSPS) is 28.7. The molecule has 0 bridgehead atoms. The number of hydrogen-bond donors (Lipinski definition) is 2. The van der Waals surface area contributed by atoms with Crippen LogP contribution < -0.4 is 5.32 Å². The SMILES string of the molecule is CCCC1CCCC(N[C@@H](CC)CO)CC1. The molecule has 0 radical (unpaired) electrons. The van der Waals surface area contributed by atoms with Crippen molar-refractivity contribution in [3.63, 3.8) is 0 Å². The lowest BCUT2D eigenvalue weighted by Gasteiger charge is -2.22. The average Bonchev–Trinajstić information content (AvgIpc) is 2.52. The maximum Gasteiger partial charge on any atom is 0.0584 e. The molecule has 1 fully saturated rings. The third-order valence-corrected chi connectivity index (χ3v) is 3.97. The lowest BCUT2D eigenvalue weighted by molar-refractivity contribution is 0.222. The van der Waals surface area contributed by atoms with Gasteiger partial charge in [0.1, 0.15) is 0 Å². The maximum atomic E-state index is 9.20. The second kappa shape index (κ2) is 8.08. The first-order valence-electron chi connectivity index (χ1n) is 7.17. The van der Waals surface area contributed by atoms with Crippen LogP contribution in [0.3, 0.4) is 0 Å². The molecular weight excluding hydrogens is 198 g/mol. The van der Waals surface area contributed by atoms with Gasteiger partial charge in [0.2, 0.25) is 0 Å². The highest BCUT2D eigenvalue weighted by Crippen LogP contribution is 2.26. The van der Waals surface area contributed by atoms with Crippen molar-refractivity contribution in [3.8, 4) is 0 Å². The second-order valence-electron chi connectivity index (χ2n) is 5.31. The molecular formula is C14H29NO. The van der Waals surface area contributed by atoms with Gasteiger partial charge in [-0.15, -0.1) is 0 Å². The van der Waals surface area contributed by atoms with Crippen molar-refractivity contribution >= 4 is 0 Å². The van der Waals surface area contributed by atoms with Crippen LogP contribution in [-0.4, -0.2) is 23.8 Å². The molecule has 0 amide bonds. The van der Waals surface area contributed by atoms with Crippen LogP contribution in [0.25, 0.3) is 0 Å². The highest BCUT2D eigenvalue weighted by molar-refractivity contribution is 4.78. The van der Waals surface area contributed by atoms with Crippen LogP contribution in [0.1, 0.15) is 65.2 Å². The van der Waals surface area contributed by atoms with Gasteiger partial charge in [0.25, 0.3) is 0 Å². The van der Waals surface area contributed by atoms with Gasteiger partial charge in [-0.05, 0) is 31.6 Å². The third-order valence-electron chi connectivity index (χ3n) is 3.97. The van der Waals surface area contributed by atoms with Crippen LogP contribution in [0.2, 0.25) is 0 Å². The molecule has 1 rings (SSSR count). The molecule has 16 heavy (non-hydrogen) atoms. The highest BCUT2D eigenvalue weighted by Gasteiger charge is 2.19. The van der Waals surface area contributed by atoms with E-state index in [4.69, 9.17) is 0 Å². The molecule has 2 unspecified atom stereocenters. The van der Waals surface area contributed by atoms with Gasteiger partial charge < -0.3 is 10.4 Å². The monoisotopic (exact) mass is 227 g/mol. The van der Waals surface area contributed by atoms with Crippen molar-refractivity contribution in [1.29, 1.82) is 0 Å². The van der Waals surface area contributed by atoms with E-state index in [0.29, 0.717) is 12.1 Å². The summed E-state index contributed by atoms with van der Waals surface area (Å²) in [5.74, 6) is 0.964. The zero-order valence-electron chi connectivity index (χ0n) is 11.0. The molecule has 96 valence electrons. The number of nitrogens with one attached hydrogen (secondary N) is 1. The Hall–Kier alpha value is -0.0800. The van der Waals surface area contributed by atoms with Gasteiger partial charge in [-0.25, -0.2) is 0 Å². The van der Waals surface area contributed by atoms with Crippen LogP contribution in [0.4, 0.5) is 0 Å². The van der Waals surface area contributed by atoms with E-state index in [1.165, 1.54) is 44.9 Å². The van der Waals surface area contributed by atoms with Gasteiger partial charge in [-0.2, -0.15) is 0 Å². The molecule has 0 aliphatic heterocycles. The van der Waals surface area contributed by atoms with E-state index in [-0.39, 0.29) is 6.61 Å². The van der Waals surface area contributed by atoms with E-state index in [2.05, 4.69) is 19.2 Å². The van der Waals surface area contributed by atoms with Crippen molar-refractivity contribution in [2.75, 3.05) is 6.61 Å². The molecule has 1 aliphatic rings. The van der Waals surface area contributed by atoms with E-state index in [9.17, 15) is 5.11 Å². The topological polar surface area (TPSA) is 32.3 Å². The number of rotatable bonds is 6. The standard InChI is InChI=1S/C14H29NO/c1-3-6-12-7-5-8-14(10-9-12)15-13(4-2)11-16/h12-16H,3-11H2,1-2H3/t12?,13-,14?/m0/s1. The summed E-state index contributed by atoms with van der Waals surface area (Å²) in [4.78, 5) is 0. The summed E-state index contributed by atoms with van der Waals surface area (Å²) in [5.41, 5.74) is 0. The third kappa shape index (κ3) is 4.84. The molecule has 2 heteroatoms. The number of aliphatic hydroxyl groups is 1. The first-order chi connectivity index (χ1) is 7.80. The molecule has 2 nitrogen and oxygen atoms in total. The van der Waals surface area contributed by atoms with Gasteiger partial charge in [0.05, 0.1) is 6.61 Å². The summed E-state index contributed by atoms with van der Waals surface area (Å²) >= 11 is 0. The minimum atomic E-state index is 0.283. The predicted octanol–water partition coefficient (Wildman–Crippen LogP) is 3.10. The van der Waals surface area contributed by atoms with Gasteiger partial charge in [-0.3, -0.25) is 0 Å². The van der Waals surface area contributed by atoms with E-state index < -0.39 is 0 Å². The fourth-order valence-electron chi connectivity index (χ4n) is 2.88. The summed E-state index contributed by atoms with van der Waals surface area (Å²) < 4.78 is 0. The molecule has 0 aromatic carbocycles. The quantitative estimate of drug-likeness (QED) is 0.683. The predicted molar refractivity (Wildman–Crippen MR) is 69.6 cm³/mol. The Bertz CT molecular complexity index is 168. The van der Waals surface area contributed by atoms with Crippen LogP contribution in [0.5, 0.6) is 0 Å². The van der Waals surface area contributed by atoms with Crippen LogP contribution in [-0.2, 0) is 0 Å². The minimum Gasteiger partial charge on any atom is -0.395 e. The van der Waals surface area contributed by atoms with Gasteiger partial charge >= 0.3 is 0 Å². The average molecular weight is 227 g/mol. The Kier molecular flexibility index (Phi) is 7.06. The van der Waals surface area contributed by atoms with Crippen molar-refractivity contribution in [2.45, 2.75) is 77.3 Å². The van der Waals surface area contributed by atoms with Crippen LogP contribution in [0.15, 0.2) is 0 Å². The summed E-state index contributed by atoms with van der Waals surface area (Å²) in [6.45, 7) is 4.72. The summed E-state index contributed by atoms with van der Waals surface area (Å²) in [6.07, 6.45) is 10.5. The summed E-state index contributed by atoms with van der Waals surface area (Å²) in [5, 5.41) is 12.8. The summed E-state index contributed by atoms with van der Waals surface area (Å²) in [6, 6.07) is 0.965. The Labute approximate surface area is 101 Å². The second-order valence-corrected chi connectivity index (χ2v) is 5.31. The molecule has 2 N–H and O–H groups in total. The van der Waals surface area contributed by atoms with E-state index in [1.54, 1.807) is 0 Å². The van der Waals surface area contributed by atoms with Gasteiger partial charge in [-0.1, -0.05) is 39.5 Å². The van der Waals surface area contributed by atoms with Crippen molar-refractivity contribution < 1.29 is 5.11 Å². The first kappa shape index (κ1) is 14.0. The zero-order valence-corrected chi connectivity index (χ0v) is 11.0. The molecule has 0 saturated heterocycles. The van der Waals surface area contributed by atoms with Crippen molar-refractivity contribution in [1.82, 2.24) is 5.32 Å². The zero-order chi connectivity index (χ0) is 11.8.